The lowest BCUT2D eigenvalue weighted by Gasteiger charge is -2.37. The summed E-state index contributed by atoms with van der Waals surface area (Å²) in [6, 6.07) is 0. The van der Waals surface area contributed by atoms with Crippen molar-refractivity contribution < 1.29 is 0 Å². The summed E-state index contributed by atoms with van der Waals surface area (Å²) in [7, 11) is 0. The van der Waals surface area contributed by atoms with Gasteiger partial charge in [0.05, 0.1) is 0 Å². The van der Waals surface area contributed by atoms with Gasteiger partial charge in [-0.05, 0) is 56.8 Å². The van der Waals surface area contributed by atoms with Crippen molar-refractivity contribution in [2.24, 2.45) is 11.8 Å². The van der Waals surface area contributed by atoms with Crippen molar-refractivity contribution in [2.75, 3.05) is 0 Å². The summed E-state index contributed by atoms with van der Waals surface area (Å²) in [6.45, 7) is 4.73. The SMILES string of the molecule is CCC(CC)C(=C1CCC1)C1CCC1. The van der Waals surface area contributed by atoms with Crippen LogP contribution in [0.2, 0.25) is 0 Å². The monoisotopic (exact) mass is 192 g/mol. The Morgan fingerprint density at radius 2 is 1.79 bits per heavy atom. The molecule has 0 aromatic rings. The second-order valence-electron chi connectivity index (χ2n) is 5.05. The van der Waals surface area contributed by atoms with Gasteiger partial charge in [-0.1, -0.05) is 31.4 Å². The molecule has 0 aromatic carbocycles. The van der Waals surface area contributed by atoms with Gasteiger partial charge in [0.15, 0.2) is 0 Å². The molecule has 0 saturated heterocycles. The molecule has 2 fully saturated rings. The van der Waals surface area contributed by atoms with Crippen LogP contribution < -0.4 is 0 Å². The third kappa shape index (κ3) is 1.76. The van der Waals surface area contributed by atoms with Crippen LogP contribution in [0.5, 0.6) is 0 Å². The molecule has 0 heteroatoms. The maximum atomic E-state index is 2.37. The smallest absolute Gasteiger partial charge is 0.0198 e. The summed E-state index contributed by atoms with van der Waals surface area (Å²) in [6.07, 6.45) is 11.5. The minimum absolute atomic E-state index is 0.926. The predicted octanol–water partition coefficient (Wildman–Crippen LogP) is 4.70. The van der Waals surface area contributed by atoms with Crippen LogP contribution in [-0.2, 0) is 0 Å². The average molecular weight is 192 g/mol. The van der Waals surface area contributed by atoms with E-state index in [2.05, 4.69) is 13.8 Å². The fourth-order valence-corrected chi connectivity index (χ4v) is 3.00. The van der Waals surface area contributed by atoms with E-state index in [1.54, 1.807) is 0 Å². The van der Waals surface area contributed by atoms with Crippen LogP contribution in [0, 0.1) is 11.8 Å². The van der Waals surface area contributed by atoms with Crippen LogP contribution in [0.15, 0.2) is 11.1 Å². The van der Waals surface area contributed by atoms with E-state index in [9.17, 15) is 0 Å². The molecule has 0 unspecified atom stereocenters. The molecule has 2 aliphatic carbocycles. The summed E-state index contributed by atoms with van der Waals surface area (Å²) in [4.78, 5) is 0. The minimum Gasteiger partial charge on any atom is -0.0704 e. The second kappa shape index (κ2) is 4.51. The van der Waals surface area contributed by atoms with Gasteiger partial charge in [0, 0.05) is 0 Å². The van der Waals surface area contributed by atoms with E-state index in [-0.39, 0.29) is 0 Å². The molecule has 0 nitrogen and oxygen atoms in total. The standard InChI is InChI=1S/C14H24/c1-3-11(4-2)14(12-7-5-8-12)13-9-6-10-13/h11-12H,3-10H2,1-2H3. The maximum absolute atomic E-state index is 2.37. The fraction of sp³-hybridized carbons (Fsp3) is 0.857. The third-order valence-corrected chi connectivity index (χ3v) is 4.34. The summed E-state index contributed by atoms with van der Waals surface area (Å²) in [5, 5.41) is 0. The molecule has 2 saturated carbocycles. The molecule has 0 atom stereocenters. The molecular formula is C14H24. The Balaban J connectivity index is 2.12. The van der Waals surface area contributed by atoms with Crippen molar-refractivity contribution in [2.45, 2.75) is 65.2 Å². The highest BCUT2D eigenvalue weighted by Crippen LogP contribution is 2.45. The molecule has 0 spiro atoms. The first-order valence-corrected chi connectivity index (χ1v) is 6.58. The zero-order valence-corrected chi connectivity index (χ0v) is 9.81. The zero-order chi connectivity index (χ0) is 9.97. The first-order valence-electron chi connectivity index (χ1n) is 6.58. The summed E-state index contributed by atoms with van der Waals surface area (Å²) in [5.74, 6) is 1.94. The lowest BCUT2D eigenvalue weighted by Crippen LogP contribution is -2.23. The lowest BCUT2D eigenvalue weighted by molar-refractivity contribution is 0.318. The molecule has 2 aliphatic rings. The van der Waals surface area contributed by atoms with Crippen LogP contribution in [0.25, 0.3) is 0 Å². The Hall–Kier alpha value is -0.260. The van der Waals surface area contributed by atoms with E-state index in [1.165, 1.54) is 51.4 Å². The Bertz CT molecular complexity index is 210. The molecule has 0 radical (unpaired) electrons. The lowest BCUT2D eigenvalue weighted by atomic mass is 9.68. The van der Waals surface area contributed by atoms with Crippen molar-refractivity contribution in [3.05, 3.63) is 11.1 Å². The predicted molar refractivity (Wildman–Crippen MR) is 62.3 cm³/mol. The van der Waals surface area contributed by atoms with E-state index in [4.69, 9.17) is 0 Å². The highest BCUT2D eigenvalue weighted by Gasteiger charge is 2.29. The first-order chi connectivity index (χ1) is 6.86. The van der Waals surface area contributed by atoms with E-state index in [1.807, 2.05) is 11.1 Å². The number of hydrogen-bond acceptors (Lipinski definition) is 0. The van der Waals surface area contributed by atoms with Crippen molar-refractivity contribution in [3.8, 4) is 0 Å². The Kier molecular flexibility index (Phi) is 3.30. The van der Waals surface area contributed by atoms with E-state index >= 15 is 0 Å². The second-order valence-corrected chi connectivity index (χ2v) is 5.05. The minimum atomic E-state index is 0.926. The van der Waals surface area contributed by atoms with Gasteiger partial charge in [-0.3, -0.25) is 0 Å². The third-order valence-electron chi connectivity index (χ3n) is 4.34. The van der Waals surface area contributed by atoms with Gasteiger partial charge in [0.25, 0.3) is 0 Å². The number of hydrogen-bond donors (Lipinski definition) is 0. The van der Waals surface area contributed by atoms with Crippen LogP contribution in [0.3, 0.4) is 0 Å². The summed E-state index contributed by atoms with van der Waals surface area (Å²) in [5.41, 5.74) is 3.79. The van der Waals surface area contributed by atoms with Gasteiger partial charge in [0.2, 0.25) is 0 Å². The molecule has 0 N–H and O–H groups in total. The van der Waals surface area contributed by atoms with E-state index in [0.717, 1.165) is 11.8 Å². The molecule has 0 amide bonds. The molecule has 0 bridgehead atoms. The van der Waals surface area contributed by atoms with Gasteiger partial charge < -0.3 is 0 Å². The van der Waals surface area contributed by atoms with Crippen molar-refractivity contribution in [3.63, 3.8) is 0 Å². The van der Waals surface area contributed by atoms with Gasteiger partial charge in [-0.15, -0.1) is 0 Å². The number of allylic oxidation sites excluding steroid dienone is 2. The molecule has 0 aromatic heterocycles. The topological polar surface area (TPSA) is 0 Å². The fourth-order valence-electron chi connectivity index (χ4n) is 3.00. The highest BCUT2D eigenvalue weighted by molar-refractivity contribution is 5.25. The molecule has 0 aliphatic heterocycles. The molecule has 2 rings (SSSR count). The van der Waals surface area contributed by atoms with E-state index < -0.39 is 0 Å². The van der Waals surface area contributed by atoms with Crippen molar-refractivity contribution >= 4 is 0 Å². The number of rotatable bonds is 4. The summed E-state index contributed by atoms with van der Waals surface area (Å²) >= 11 is 0. The van der Waals surface area contributed by atoms with Crippen LogP contribution in [-0.4, -0.2) is 0 Å². The normalized spacial score (nSPS) is 22.1. The van der Waals surface area contributed by atoms with Crippen molar-refractivity contribution in [1.29, 1.82) is 0 Å². The molecule has 14 heavy (non-hydrogen) atoms. The highest BCUT2D eigenvalue weighted by atomic mass is 14.3. The molecule has 0 heterocycles. The quantitative estimate of drug-likeness (QED) is 0.566. The van der Waals surface area contributed by atoms with Crippen LogP contribution in [0.4, 0.5) is 0 Å². The van der Waals surface area contributed by atoms with Gasteiger partial charge in [-0.2, -0.15) is 0 Å². The van der Waals surface area contributed by atoms with Gasteiger partial charge >= 0.3 is 0 Å². The first kappa shape index (κ1) is 10.3. The van der Waals surface area contributed by atoms with Crippen LogP contribution in [0.1, 0.15) is 65.2 Å². The Morgan fingerprint density at radius 1 is 1.14 bits per heavy atom. The largest absolute Gasteiger partial charge is 0.0704 e. The molecular weight excluding hydrogens is 168 g/mol. The van der Waals surface area contributed by atoms with Gasteiger partial charge in [-0.25, -0.2) is 0 Å². The maximum Gasteiger partial charge on any atom is -0.0198 e. The molecule has 80 valence electrons. The Morgan fingerprint density at radius 3 is 2.07 bits per heavy atom. The Labute approximate surface area is 88.8 Å². The summed E-state index contributed by atoms with van der Waals surface area (Å²) < 4.78 is 0. The van der Waals surface area contributed by atoms with E-state index in [0.29, 0.717) is 0 Å². The average Bonchev–Trinajstić information content (AvgIpc) is 2.00. The zero-order valence-electron chi connectivity index (χ0n) is 9.81. The van der Waals surface area contributed by atoms with Crippen molar-refractivity contribution in [1.82, 2.24) is 0 Å². The van der Waals surface area contributed by atoms with Gasteiger partial charge in [0.1, 0.15) is 0 Å². The van der Waals surface area contributed by atoms with Crippen LogP contribution >= 0.6 is 0 Å².